The Bertz CT molecular complexity index is 652. The summed E-state index contributed by atoms with van der Waals surface area (Å²) in [4.78, 5) is 7.66. The Balaban J connectivity index is 0.00000441. The Labute approximate surface area is 140 Å². The van der Waals surface area contributed by atoms with Crippen LogP contribution in [-0.2, 0) is 21.0 Å². The van der Waals surface area contributed by atoms with Gasteiger partial charge in [-0.15, -0.1) is 16.8 Å². The van der Waals surface area contributed by atoms with E-state index in [0.29, 0.717) is 17.2 Å². The maximum absolute atomic E-state index is 11.6. The van der Waals surface area contributed by atoms with Crippen LogP contribution in [0.3, 0.4) is 0 Å². The van der Waals surface area contributed by atoms with E-state index in [1.54, 1.807) is 0 Å². The van der Waals surface area contributed by atoms with E-state index in [2.05, 4.69) is 14.4 Å². The normalized spacial score (nSPS) is 18.2. The van der Waals surface area contributed by atoms with E-state index in [9.17, 15) is 12.6 Å². The molecule has 1 unspecified atom stereocenters. The quantitative estimate of drug-likeness (QED) is 0.236. The van der Waals surface area contributed by atoms with Crippen molar-refractivity contribution in [3.05, 3.63) is 11.1 Å². The Morgan fingerprint density at radius 1 is 1.36 bits per heavy atom. The van der Waals surface area contributed by atoms with Gasteiger partial charge in [-0.25, -0.2) is 14.3 Å². The highest BCUT2D eigenvalue weighted by Gasteiger charge is 2.16. The maximum Gasteiger partial charge on any atom is 0.318 e. The van der Waals surface area contributed by atoms with Crippen LogP contribution in [0, 0.1) is 0 Å². The first-order valence-corrected chi connectivity index (χ1v) is 9.29. The summed E-state index contributed by atoms with van der Waals surface area (Å²) >= 11 is 1.41. The third-order valence-corrected chi connectivity index (χ3v) is 4.39. The van der Waals surface area contributed by atoms with Gasteiger partial charge in [0.2, 0.25) is 5.17 Å². The lowest BCUT2D eigenvalue weighted by Crippen LogP contribution is -2.24. The fraction of sp³-hybridized carbons (Fsp3) is 0.375. The number of hydrogen-bond donors (Lipinski definition) is 4. The van der Waals surface area contributed by atoms with Crippen LogP contribution in [0.2, 0.25) is 0 Å². The molecule has 1 rings (SSSR count). The molecule has 1 aliphatic rings. The number of thioether (sulfide) groups is 1. The van der Waals surface area contributed by atoms with Crippen molar-refractivity contribution in [1.82, 2.24) is 0 Å². The van der Waals surface area contributed by atoms with Crippen molar-refractivity contribution in [2.45, 2.75) is 6.42 Å². The van der Waals surface area contributed by atoms with Crippen LogP contribution in [0.4, 0.5) is 0 Å². The standard InChI is InChI=1S/C8H15N7O3S3.ClH/c9-6(15-21(12,17)18)1-2-19-3-5-4-20(16)8(13-5)14-7(10)11;/h4H,1-3H2,(H2,9,15)(H2,12,17,18)(H4,10,11,13,14);1H. The van der Waals surface area contributed by atoms with Gasteiger partial charge >= 0.3 is 10.2 Å². The van der Waals surface area contributed by atoms with Crippen molar-refractivity contribution in [3.8, 4) is 0 Å². The van der Waals surface area contributed by atoms with Crippen LogP contribution in [0.1, 0.15) is 6.42 Å². The zero-order chi connectivity index (χ0) is 16.0. The second-order valence-corrected chi connectivity index (χ2v) is 7.25. The Morgan fingerprint density at radius 3 is 2.55 bits per heavy atom. The molecule has 0 radical (unpaired) electrons. The monoisotopic (exact) mass is 389 g/mol. The Hall–Kier alpha value is -1.15. The molecule has 0 fully saturated rings. The molecule has 10 nitrogen and oxygen atoms in total. The van der Waals surface area contributed by atoms with Crippen molar-refractivity contribution in [1.29, 1.82) is 0 Å². The summed E-state index contributed by atoms with van der Waals surface area (Å²) in [5.74, 6) is 0.676. The van der Waals surface area contributed by atoms with Crippen molar-refractivity contribution in [2.75, 3.05) is 11.5 Å². The number of rotatable bonds is 6. The molecular weight excluding hydrogens is 374 g/mol. The smallest absolute Gasteiger partial charge is 0.318 e. The average molecular weight is 390 g/mol. The lowest BCUT2D eigenvalue weighted by Gasteiger charge is -2.00. The molecule has 0 saturated carbocycles. The van der Waals surface area contributed by atoms with E-state index < -0.39 is 21.0 Å². The molecule has 0 spiro atoms. The molecule has 126 valence electrons. The second-order valence-electron chi connectivity index (χ2n) is 3.74. The third kappa shape index (κ3) is 8.33. The predicted molar refractivity (Wildman–Crippen MR) is 93.4 cm³/mol. The molecule has 0 aromatic carbocycles. The van der Waals surface area contributed by atoms with E-state index in [4.69, 9.17) is 22.3 Å². The molecule has 0 aromatic heterocycles. The molecule has 0 amide bonds. The van der Waals surface area contributed by atoms with Gasteiger partial charge in [0.25, 0.3) is 0 Å². The van der Waals surface area contributed by atoms with Crippen molar-refractivity contribution < 1.29 is 12.6 Å². The topological polar surface area (TPSA) is 192 Å². The van der Waals surface area contributed by atoms with Crippen LogP contribution in [0.15, 0.2) is 25.5 Å². The largest absolute Gasteiger partial charge is 0.386 e. The van der Waals surface area contributed by atoms with E-state index in [0.717, 1.165) is 0 Å². The average Bonchev–Trinajstić information content (AvgIpc) is 2.62. The van der Waals surface area contributed by atoms with Crippen molar-refractivity contribution in [3.63, 3.8) is 0 Å². The van der Waals surface area contributed by atoms with Crippen LogP contribution in [0.5, 0.6) is 0 Å². The predicted octanol–water partition coefficient (Wildman–Crippen LogP) is -1.67. The highest BCUT2D eigenvalue weighted by atomic mass is 35.5. The Kier molecular flexibility index (Phi) is 8.62. The number of nitrogens with two attached hydrogens (primary N) is 4. The van der Waals surface area contributed by atoms with E-state index >= 15 is 0 Å². The van der Waals surface area contributed by atoms with Gasteiger partial charge in [-0.05, 0) is 0 Å². The number of amidine groups is 2. The van der Waals surface area contributed by atoms with Gasteiger partial charge in [0, 0.05) is 23.3 Å². The van der Waals surface area contributed by atoms with Crippen LogP contribution < -0.4 is 22.3 Å². The summed E-state index contributed by atoms with van der Waals surface area (Å²) in [6, 6.07) is 0. The summed E-state index contributed by atoms with van der Waals surface area (Å²) < 4.78 is 36.0. The molecule has 1 heterocycles. The lowest BCUT2D eigenvalue weighted by atomic mass is 10.5. The van der Waals surface area contributed by atoms with Gasteiger partial charge in [0.1, 0.15) is 16.6 Å². The molecule has 14 heteroatoms. The molecule has 0 saturated heterocycles. The number of hydrogen-bond acceptors (Lipinski definition) is 6. The number of guanidine groups is 1. The van der Waals surface area contributed by atoms with Crippen molar-refractivity contribution in [2.24, 2.45) is 36.7 Å². The van der Waals surface area contributed by atoms with Gasteiger partial charge < -0.3 is 17.2 Å². The molecule has 1 atom stereocenters. The highest BCUT2D eigenvalue weighted by Crippen LogP contribution is 2.17. The number of nitrogens with zero attached hydrogens (tertiary/aromatic N) is 3. The van der Waals surface area contributed by atoms with E-state index in [1.807, 2.05) is 0 Å². The molecule has 22 heavy (non-hydrogen) atoms. The first kappa shape index (κ1) is 20.9. The third-order valence-electron chi connectivity index (χ3n) is 1.88. The first-order chi connectivity index (χ1) is 9.67. The van der Waals surface area contributed by atoms with Gasteiger partial charge in [0.05, 0.1) is 5.70 Å². The number of halogens is 1. The summed E-state index contributed by atoms with van der Waals surface area (Å²) in [5.41, 5.74) is 16.3. The Morgan fingerprint density at radius 2 is 2.00 bits per heavy atom. The van der Waals surface area contributed by atoms with E-state index in [1.165, 1.54) is 17.2 Å². The maximum atomic E-state index is 11.6. The first-order valence-electron chi connectivity index (χ1n) is 5.42. The molecule has 0 aromatic rings. The van der Waals surface area contributed by atoms with Crippen molar-refractivity contribution >= 4 is 62.1 Å². The fourth-order valence-electron chi connectivity index (χ4n) is 1.18. The zero-order valence-electron chi connectivity index (χ0n) is 11.2. The summed E-state index contributed by atoms with van der Waals surface area (Å²) in [6.45, 7) is 0. The SMILES string of the molecule is Cl.NC(N)=NC1=NC(CSCC/C(N)=N/S(N)(=O)=O)=CS1=O. The molecule has 0 aliphatic carbocycles. The van der Waals surface area contributed by atoms with E-state index in [-0.39, 0.29) is 35.8 Å². The second kappa shape index (κ2) is 9.09. The summed E-state index contributed by atoms with van der Waals surface area (Å²) in [6.07, 6.45) is 0.252. The molecule has 8 N–H and O–H groups in total. The minimum Gasteiger partial charge on any atom is -0.386 e. The number of aliphatic imine (C=N–C) groups is 2. The molecule has 0 bridgehead atoms. The van der Waals surface area contributed by atoms with Gasteiger partial charge in [-0.3, -0.25) is 0 Å². The van der Waals surface area contributed by atoms with Crippen LogP contribution >= 0.6 is 24.2 Å². The van der Waals surface area contributed by atoms with Crippen LogP contribution in [-0.4, -0.2) is 41.1 Å². The minimum atomic E-state index is -3.96. The molecule has 1 aliphatic heterocycles. The van der Waals surface area contributed by atoms with Gasteiger partial charge in [0.15, 0.2) is 5.96 Å². The summed E-state index contributed by atoms with van der Waals surface area (Å²) in [5, 5.41) is 6.21. The van der Waals surface area contributed by atoms with Crippen LogP contribution in [0.25, 0.3) is 0 Å². The van der Waals surface area contributed by atoms with Gasteiger partial charge in [-0.1, -0.05) is 0 Å². The summed E-state index contributed by atoms with van der Waals surface area (Å²) in [7, 11) is -5.42. The molecular formula is C8H16ClN7O3S3. The zero-order valence-corrected chi connectivity index (χ0v) is 14.5. The lowest BCUT2D eigenvalue weighted by molar-refractivity contribution is 0.599. The fourth-order valence-corrected chi connectivity index (χ4v) is 3.45. The van der Waals surface area contributed by atoms with Gasteiger partial charge in [-0.2, -0.15) is 25.2 Å². The highest BCUT2D eigenvalue weighted by molar-refractivity contribution is 8.03. The minimum absolute atomic E-state index is 0.